The third-order valence-corrected chi connectivity index (χ3v) is 4.36. The summed E-state index contributed by atoms with van der Waals surface area (Å²) in [5.41, 5.74) is 0.347. The van der Waals surface area contributed by atoms with Gasteiger partial charge >= 0.3 is 0 Å². The van der Waals surface area contributed by atoms with Crippen molar-refractivity contribution in [2.45, 2.75) is 4.90 Å². The number of hydrogen-bond acceptors (Lipinski definition) is 4. The van der Waals surface area contributed by atoms with E-state index in [0.29, 0.717) is 17.2 Å². The quantitative estimate of drug-likeness (QED) is 0.764. The van der Waals surface area contributed by atoms with Crippen LogP contribution in [0.1, 0.15) is 0 Å². The molecule has 2 rings (SSSR count). The Hall–Kier alpha value is -1.99. The summed E-state index contributed by atoms with van der Waals surface area (Å²) >= 11 is 7.04. The molecule has 0 aliphatic carbocycles. The molecule has 0 fully saturated rings. The molecule has 4 nitrogen and oxygen atoms in total. The molecule has 0 spiro atoms. The summed E-state index contributed by atoms with van der Waals surface area (Å²) in [4.78, 5) is 12.2. The van der Waals surface area contributed by atoms with Gasteiger partial charge in [-0.2, -0.15) is 0 Å². The maximum atomic E-state index is 13.5. The van der Waals surface area contributed by atoms with E-state index >= 15 is 0 Å². The summed E-state index contributed by atoms with van der Waals surface area (Å²) in [6, 6.07) is 6.23. The topological polar surface area (TPSA) is 47.6 Å². The van der Waals surface area contributed by atoms with Crippen molar-refractivity contribution in [1.29, 1.82) is 0 Å². The molecular formula is C16H14ClF2NO3S. The Morgan fingerprint density at radius 2 is 1.83 bits per heavy atom. The number of thioether (sulfide) groups is 1. The number of nitrogens with one attached hydrogen (secondary N) is 1. The van der Waals surface area contributed by atoms with Gasteiger partial charge in [0.2, 0.25) is 5.91 Å². The number of rotatable bonds is 6. The maximum absolute atomic E-state index is 13.5. The summed E-state index contributed by atoms with van der Waals surface area (Å²) < 4.78 is 36.6. The Morgan fingerprint density at radius 3 is 2.46 bits per heavy atom. The molecule has 8 heteroatoms. The highest BCUT2D eigenvalue weighted by Crippen LogP contribution is 2.36. The highest BCUT2D eigenvalue weighted by Gasteiger charge is 2.13. The first-order valence-electron chi connectivity index (χ1n) is 6.73. The zero-order valence-electron chi connectivity index (χ0n) is 12.9. The minimum atomic E-state index is -0.711. The first-order chi connectivity index (χ1) is 11.4. The third kappa shape index (κ3) is 4.52. The van der Waals surface area contributed by atoms with Crippen LogP contribution in [0.4, 0.5) is 14.5 Å². The second-order valence-electron chi connectivity index (χ2n) is 4.60. The van der Waals surface area contributed by atoms with Crippen LogP contribution in [-0.2, 0) is 4.79 Å². The van der Waals surface area contributed by atoms with Gasteiger partial charge in [0.15, 0.2) is 11.5 Å². The van der Waals surface area contributed by atoms with Crippen LogP contribution in [0, 0.1) is 11.6 Å². The van der Waals surface area contributed by atoms with Crippen LogP contribution >= 0.6 is 23.4 Å². The van der Waals surface area contributed by atoms with Gasteiger partial charge in [-0.3, -0.25) is 4.79 Å². The van der Waals surface area contributed by atoms with Crippen LogP contribution in [0.15, 0.2) is 35.2 Å². The average Bonchev–Trinajstić information content (AvgIpc) is 2.55. The number of amides is 1. The summed E-state index contributed by atoms with van der Waals surface area (Å²) in [5, 5.41) is 2.89. The molecule has 0 unspecified atom stereocenters. The normalized spacial score (nSPS) is 10.4. The van der Waals surface area contributed by atoms with E-state index in [9.17, 15) is 13.6 Å². The van der Waals surface area contributed by atoms with Gasteiger partial charge in [0, 0.05) is 23.1 Å². The van der Waals surface area contributed by atoms with E-state index in [-0.39, 0.29) is 15.7 Å². The number of carbonyl (C=O) groups excluding carboxylic acids is 1. The predicted octanol–water partition coefficient (Wildman–Crippen LogP) is 4.37. The fourth-order valence-electron chi connectivity index (χ4n) is 1.87. The van der Waals surface area contributed by atoms with Crippen LogP contribution in [0.3, 0.4) is 0 Å². The van der Waals surface area contributed by atoms with E-state index in [2.05, 4.69) is 5.32 Å². The molecule has 0 aliphatic heterocycles. The van der Waals surface area contributed by atoms with Crippen molar-refractivity contribution in [2.24, 2.45) is 0 Å². The Labute approximate surface area is 147 Å². The molecule has 0 saturated heterocycles. The average molecular weight is 374 g/mol. The van der Waals surface area contributed by atoms with Crippen molar-refractivity contribution in [3.05, 3.63) is 47.0 Å². The van der Waals surface area contributed by atoms with E-state index in [1.807, 2.05) is 0 Å². The lowest BCUT2D eigenvalue weighted by Gasteiger charge is -2.12. The number of anilines is 1. The number of carbonyl (C=O) groups is 1. The van der Waals surface area contributed by atoms with E-state index in [4.69, 9.17) is 21.1 Å². The molecule has 2 aromatic carbocycles. The van der Waals surface area contributed by atoms with Crippen molar-refractivity contribution >= 4 is 35.0 Å². The first kappa shape index (κ1) is 18.4. The third-order valence-electron chi connectivity index (χ3n) is 3.00. The van der Waals surface area contributed by atoms with E-state index < -0.39 is 17.5 Å². The Morgan fingerprint density at radius 1 is 1.17 bits per heavy atom. The molecule has 0 aromatic heterocycles. The lowest BCUT2D eigenvalue weighted by atomic mass is 10.2. The molecular weight excluding hydrogens is 360 g/mol. The lowest BCUT2D eigenvalue weighted by Crippen LogP contribution is -2.14. The largest absolute Gasteiger partial charge is 0.493 e. The maximum Gasteiger partial charge on any atom is 0.234 e. The van der Waals surface area contributed by atoms with Crippen molar-refractivity contribution in [1.82, 2.24) is 0 Å². The van der Waals surface area contributed by atoms with Gasteiger partial charge in [0.1, 0.15) is 11.6 Å². The van der Waals surface area contributed by atoms with Gasteiger partial charge in [-0.15, -0.1) is 11.8 Å². The predicted molar refractivity (Wildman–Crippen MR) is 90.3 cm³/mol. The van der Waals surface area contributed by atoms with Gasteiger partial charge in [-0.25, -0.2) is 8.78 Å². The zero-order chi connectivity index (χ0) is 17.7. The van der Waals surface area contributed by atoms with E-state index in [0.717, 1.165) is 23.9 Å². The summed E-state index contributed by atoms with van der Waals surface area (Å²) in [7, 11) is 2.94. The molecule has 1 N–H and O–H groups in total. The molecule has 24 heavy (non-hydrogen) atoms. The first-order valence-corrected chi connectivity index (χ1v) is 8.10. The standard InChI is InChI=1S/C16H14ClF2NO3S/c1-22-13-6-10(17)12(7-14(13)23-2)20-16(21)8-24-15-4-3-9(18)5-11(15)19/h3-7H,8H2,1-2H3,(H,20,21). The summed E-state index contributed by atoms with van der Waals surface area (Å²) in [6.07, 6.45) is 0. The lowest BCUT2D eigenvalue weighted by molar-refractivity contribution is -0.113. The number of hydrogen-bond donors (Lipinski definition) is 1. The fourth-order valence-corrected chi connectivity index (χ4v) is 2.79. The van der Waals surface area contributed by atoms with Crippen molar-refractivity contribution in [2.75, 3.05) is 25.3 Å². The number of benzene rings is 2. The van der Waals surface area contributed by atoms with Gasteiger partial charge < -0.3 is 14.8 Å². The minimum Gasteiger partial charge on any atom is -0.493 e. The molecule has 0 atom stereocenters. The summed E-state index contributed by atoms with van der Waals surface area (Å²) in [6.45, 7) is 0. The van der Waals surface area contributed by atoms with Crippen LogP contribution in [-0.4, -0.2) is 25.9 Å². The Bertz CT molecular complexity index is 758. The van der Waals surface area contributed by atoms with E-state index in [1.165, 1.54) is 32.4 Å². The molecule has 2 aromatic rings. The molecule has 0 radical (unpaired) electrons. The molecule has 0 bridgehead atoms. The molecule has 0 saturated carbocycles. The molecule has 1 amide bonds. The van der Waals surface area contributed by atoms with Crippen LogP contribution in [0.25, 0.3) is 0 Å². The molecule has 0 heterocycles. The van der Waals surface area contributed by atoms with Gasteiger partial charge in [-0.1, -0.05) is 11.6 Å². The van der Waals surface area contributed by atoms with Crippen molar-refractivity contribution in [3.63, 3.8) is 0 Å². The van der Waals surface area contributed by atoms with Crippen LogP contribution < -0.4 is 14.8 Å². The SMILES string of the molecule is COc1cc(Cl)c(NC(=O)CSc2ccc(F)cc2F)cc1OC. The van der Waals surface area contributed by atoms with Gasteiger partial charge in [0.25, 0.3) is 0 Å². The number of ether oxygens (including phenoxy) is 2. The summed E-state index contributed by atoms with van der Waals surface area (Å²) in [5.74, 6) is -0.987. The zero-order valence-corrected chi connectivity index (χ0v) is 14.4. The van der Waals surface area contributed by atoms with Crippen molar-refractivity contribution < 1.29 is 23.0 Å². The van der Waals surface area contributed by atoms with E-state index in [1.54, 1.807) is 0 Å². The minimum absolute atomic E-state index is 0.0623. The smallest absolute Gasteiger partial charge is 0.234 e. The number of halogens is 3. The van der Waals surface area contributed by atoms with Gasteiger partial charge in [-0.05, 0) is 12.1 Å². The van der Waals surface area contributed by atoms with Gasteiger partial charge in [0.05, 0.1) is 30.7 Å². The molecule has 0 aliphatic rings. The second-order valence-corrected chi connectivity index (χ2v) is 6.02. The highest BCUT2D eigenvalue weighted by atomic mass is 35.5. The second kappa shape index (κ2) is 8.21. The Kier molecular flexibility index (Phi) is 6.28. The Balaban J connectivity index is 2.04. The fraction of sp³-hybridized carbons (Fsp3) is 0.188. The van der Waals surface area contributed by atoms with Crippen LogP contribution in [0.5, 0.6) is 11.5 Å². The highest BCUT2D eigenvalue weighted by molar-refractivity contribution is 8.00. The van der Waals surface area contributed by atoms with Crippen molar-refractivity contribution in [3.8, 4) is 11.5 Å². The monoisotopic (exact) mass is 373 g/mol. The number of methoxy groups -OCH3 is 2. The molecule has 128 valence electrons. The van der Waals surface area contributed by atoms with Crippen LogP contribution in [0.2, 0.25) is 5.02 Å².